The van der Waals surface area contributed by atoms with Crippen LogP contribution >= 0.6 is 11.6 Å². The van der Waals surface area contributed by atoms with Gasteiger partial charge in [-0.15, -0.1) is 0 Å². The Kier molecular flexibility index (Phi) is 5.24. The number of carbonyl (C=O) groups is 1. The van der Waals surface area contributed by atoms with Gasteiger partial charge in [0.2, 0.25) is 5.91 Å². The van der Waals surface area contributed by atoms with Crippen molar-refractivity contribution in [2.75, 3.05) is 26.2 Å². The van der Waals surface area contributed by atoms with Gasteiger partial charge in [0.1, 0.15) is 0 Å². The highest BCUT2D eigenvalue weighted by molar-refractivity contribution is 6.30. The Morgan fingerprint density at radius 2 is 1.91 bits per heavy atom. The molecule has 23 heavy (non-hydrogen) atoms. The van der Waals surface area contributed by atoms with Crippen LogP contribution in [0, 0.1) is 5.92 Å². The van der Waals surface area contributed by atoms with E-state index in [1.165, 1.54) is 0 Å². The van der Waals surface area contributed by atoms with Crippen molar-refractivity contribution in [3.8, 4) is 0 Å². The first kappa shape index (κ1) is 16.7. The number of nitrogens with zero attached hydrogens (tertiary/aromatic N) is 1. The summed E-state index contributed by atoms with van der Waals surface area (Å²) in [7, 11) is 0. The van der Waals surface area contributed by atoms with Crippen molar-refractivity contribution in [3.05, 3.63) is 34.9 Å². The van der Waals surface area contributed by atoms with Crippen LogP contribution in [0.3, 0.4) is 0 Å². The Balaban J connectivity index is 1.57. The number of nitrogens with one attached hydrogen (secondary N) is 1. The number of rotatable bonds is 5. The van der Waals surface area contributed by atoms with Crippen LogP contribution in [-0.2, 0) is 10.3 Å². The lowest BCUT2D eigenvalue weighted by molar-refractivity contribution is -0.125. The Hall–Kier alpha value is -1.10. The summed E-state index contributed by atoms with van der Waals surface area (Å²) in [6.45, 7) is 2.51. The number of piperidine rings is 1. The molecule has 0 bridgehead atoms. The lowest BCUT2D eigenvalue weighted by atomic mass is 9.72. The summed E-state index contributed by atoms with van der Waals surface area (Å²) in [6.07, 6.45) is 5.09. The van der Waals surface area contributed by atoms with Crippen LogP contribution in [0.1, 0.15) is 37.7 Å². The smallest absolute Gasteiger partial charge is 0.234 e. The second kappa shape index (κ2) is 7.20. The maximum atomic E-state index is 12.5. The quantitative estimate of drug-likeness (QED) is 0.868. The lowest BCUT2D eigenvalue weighted by Crippen LogP contribution is -2.53. The zero-order chi connectivity index (χ0) is 16.3. The van der Waals surface area contributed by atoms with E-state index in [9.17, 15) is 9.90 Å². The van der Waals surface area contributed by atoms with Crippen molar-refractivity contribution in [1.29, 1.82) is 0 Å². The summed E-state index contributed by atoms with van der Waals surface area (Å²) in [6, 6.07) is 7.83. The summed E-state index contributed by atoms with van der Waals surface area (Å²) in [4.78, 5) is 14.7. The molecule has 1 heterocycles. The fourth-order valence-corrected chi connectivity index (χ4v) is 3.75. The molecule has 0 spiro atoms. The molecular weight excluding hydrogens is 312 g/mol. The molecule has 1 aliphatic carbocycles. The van der Waals surface area contributed by atoms with Gasteiger partial charge in [-0.25, -0.2) is 0 Å². The molecule has 1 saturated carbocycles. The van der Waals surface area contributed by atoms with Gasteiger partial charge in [0.15, 0.2) is 0 Å². The van der Waals surface area contributed by atoms with Gasteiger partial charge in [0.25, 0.3) is 0 Å². The highest BCUT2D eigenvalue weighted by Gasteiger charge is 2.40. The number of halogens is 1. The van der Waals surface area contributed by atoms with Gasteiger partial charge in [-0.1, -0.05) is 23.7 Å². The van der Waals surface area contributed by atoms with Crippen LogP contribution in [0.4, 0.5) is 0 Å². The van der Waals surface area contributed by atoms with Crippen molar-refractivity contribution in [1.82, 2.24) is 10.2 Å². The van der Waals surface area contributed by atoms with Crippen molar-refractivity contribution < 1.29 is 9.90 Å². The molecule has 4 nitrogen and oxygen atoms in total. The van der Waals surface area contributed by atoms with Crippen LogP contribution in [0.2, 0.25) is 5.02 Å². The Morgan fingerprint density at radius 1 is 1.26 bits per heavy atom. The molecule has 1 amide bonds. The van der Waals surface area contributed by atoms with E-state index >= 15 is 0 Å². The van der Waals surface area contributed by atoms with Gasteiger partial charge in [0, 0.05) is 11.6 Å². The molecular formula is C18H25ClN2O2. The number of likely N-dealkylation sites (tertiary alicyclic amines) is 1. The predicted octanol–water partition coefficient (Wildman–Crippen LogP) is 2.54. The minimum absolute atomic E-state index is 0.0992. The molecule has 1 saturated heterocycles. The van der Waals surface area contributed by atoms with E-state index in [0.717, 1.165) is 55.8 Å². The van der Waals surface area contributed by atoms with Crippen molar-refractivity contribution in [3.63, 3.8) is 0 Å². The molecule has 1 aromatic carbocycles. The maximum absolute atomic E-state index is 12.5. The Bertz CT molecular complexity index is 534. The third kappa shape index (κ3) is 3.87. The number of hydrogen-bond donors (Lipinski definition) is 2. The average Bonchev–Trinajstić information content (AvgIpc) is 2.53. The van der Waals surface area contributed by atoms with Gasteiger partial charge in [-0.05, 0) is 68.8 Å². The van der Waals surface area contributed by atoms with E-state index in [1.54, 1.807) is 0 Å². The number of benzene rings is 1. The molecule has 0 radical (unpaired) electrons. The SMILES string of the molecule is O=C(CN1CCC(CO)CC1)NC1(c2ccc(Cl)cc2)CCC1. The molecule has 3 rings (SSSR count). The number of aliphatic hydroxyl groups is 1. The van der Waals surface area contributed by atoms with E-state index in [0.29, 0.717) is 12.5 Å². The van der Waals surface area contributed by atoms with E-state index in [1.807, 2.05) is 24.3 Å². The number of amides is 1. The molecule has 126 valence electrons. The summed E-state index contributed by atoms with van der Waals surface area (Å²) in [5.41, 5.74) is 0.950. The monoisotopic (exact) mass is 336 g/mol. The van der Waals surface area contributed by atoms with E-state index in [4.69, 9.17) is 11.6 Å². The first-order chi connectivity index (χ1) is 11.1. The zero-order valence-corrected chi connectivity index (χ0v) is 14.2. The fourth-order valence-electron chi connectivity index (χ4n) is 3.62. The molecule has 0 atom stereocenters. The first-order valence-corrected chi connectivity index (χ1v) is 8.89. The Morgan fingerprint density at radius 3 is 2.43 bits per heavy atom. The third-order valence-electron chi connectivity index (χ3n) is 5.32. The maximum Gasteiger partial charge on any atom is 0.234 e. The summed E-state index contributed by atoms with van der Waals surface area (Å²) in [5.74, 6) is 0.503. The molecule has 0 aromatic heterocycles. The Labute approximate surface area is 142 Å². The highest BCUT2D eigenvalue weighted by Crippen LogP contribution is 2.41. The van der Waals surface area contributed by atoms with Crippen molar-refractivity contribution in [2.45, 2.75) is 37.6 Å². The second-order valence-electron chi connectivity index (χ2n) is 6.89. The van der Waals surface area contributed by atoms with Crippen LogP contribution < -0.4 is 5.32 Å². The molecule has 1 aromatic rings. The summed E-state index contributed by atoms with van der Waals surface area (Å²) in [5, 5.41) is 13.2. The molecule has 0 unspecified atom stereocenters. The first-order valence-electron chi connectivity index (χ1n) is 8.51. The summed E-state index contributed by atoms with van der Waals surface area (Å²) >= 11 is 5.97. The van der Waals surface area contributed by atoms with Crippen molar-refractivity contribution in [2.24, 2.45) is 5.92 Å². The van der Waals surface area contributed by atoms with Gasteiger partial charge in [0.05, 0.1) is 12.1 Å². The minimum Gasteiger partial charge on any atom is -0.396 e. The standard InChI is InChI=1S/C18H25ClN2O2/c19-16-4-2-15(3-5-16)18(8-1-9-18)20-17(23)12-21-10-6-14(13-22)7-11-21/h2-5,14,22H,1,6-13H2,(H,20,23). The third-order valence-corrected chi connectivity index (χ3v) is 5.57. The second-order valence-corrected chi connectivity index (χ2v) is 7.33. The van der Waals surface area contributed by atoms with Crippen LogP contribution in [-0.4, -0.2) is 42.2 Å². The minimum atomic E-state index is -0.203. The van der Waals surface area contributed by atoms with Crippen molar-refractivity contribution >= 4 is 17.5 Å². The number of carbonyl (C=O) groups excluding carboxylic acids is 1. The normalized spacial score (nSPS) is 21.7. The van der Waals surface area contributed by atoms with Crippen LogP contribution in [0.15, 0.2) is 24.3 Å². The van der Waals surface area contributed by atoms with Crippen LogP contribution in [0.25, 0.3) is 0 Å². The molecule has 2 aliphatic rings. The van der Waals surface area contributed by atoms with Crippen LogP contribution in [0.5, 0.6) is 0 Å². The van der Waals surface area contributed by atoms with E-state index < -0.39 is 0 Å². The van der Waals surface area contributed by atoms with E-state index in [-0.39, 0.29) is 18.1 Å². The molecule has 1 aliphatic heterocycles. The highest BCUT2D eigenvalue weighted by atomic mass is 35.5. The van der Waals surface area contributed by atoms with Gasteiger partial charge in [-0.2, -0.15) is 0 Å². The number of hydrogen-bond acceptors (Lipinski definition) is 3. The summed E-state index contributed by atoms with van der Waals surface area (Å²) < 4.78 is 0. The molecule has 2 N–H and O–H groups in total. The van der Waals surface area contributed by atoms with E-state index in [2.05, 4.69) is 10.2 Å². The van der Waals surface area contributed by atoms with Gasteiger partial charge in [-0.3, -0.25) is 9.69 Å². The fraction of sp³-hybridized carbons (Fsp3) is 0.611. The zero-order valence-electron chi connectivity index (χ0n) is 13.4. The lowest BCUT2D eigenvalue weighted by Gasteiger charge is -2.43. The average molecular weight is 337 g/mol. The topological polar surface area (TPSA) is 52.6 Å². The molecule has 5 heteroatoms. The molecule has 2 fully saturated rings. The number of aliphatic hydroxyl groups excluding tert-OH is 1. The van der Waals surface area contributed by atoms with Gasteiger partial charge < -0.3 is 10.4 Å². The van der Waals surface area contributed by atoms with Gasteiger partial charge >= 0.3 is 0 Å². The largest absolute Gasteiger partial charge is 0.396 e. The predicted molar refractivity (Wildman–Crippen MR) is 91.4 cm³/mol.